The summed E-state index contributed by atoms with van der Waals surface area (Å²) < 4.78 is 36.7. The maximum absolute atomic E-state index is 12.1. The van der Waals surface area contributed by atoms with Crippen molar-refractivity contribution < 1.29 is 13.2 Å². The minimum absolute atomic E-state index is 0.490. The molecule has 6 heteroatoms. The van der Waals surface area contributed by atoms with Crippen LogP contribution in [0.2, 0.25) is 0 Å². The van der Waals surface area contributed by atoms with E-state index >= 15 is 0 Å². The fraction of sp³-hybridized carbons (Fsp3) is 0.556. The van der Waals surface area contributed by atoms with E-state index in [0.717, 1.165) is 18.4 Å². The lowest BCUT2D eigenvalue weighted by molar-refractivity contribution is -0.143. The molecule has 0 radical (unpaired) electrons. The molecule has 0 aliphatic heterocycles. The van der Waals surface area contributed by atoms with Crippen molar-refractivity contribution in [1.82, 2.24) is 9.78 Å². The van der Waals surface area contributed by atoms with Gasteiger partial charge < -0.3 is 0 Å². The summed E-state index contributed by atoms with van der Waals surface area (Å²) >= 11 is 0. The molecule has 1 heterocycles. The van der Waals surface area contributed by atoms with Gasteiger partial charge in [-0.15, -0.1) is 0 Å². The molecule has 15 heavy (non-hydrogen) atoms. The summed E-state index contributed by atoms with van der Waals surface area (Å²) in [6.07, 6.45) is -2.14. The van der Waals surface area contributed by atoms with Crippen LogP contribution in [0.3, 0.4) is 0 Å². The van der Waals surface area contributed by atoms with E-state index in [0.29, 0.717) is 16.8 Å². The Balaban J connectivity index is 2.37. The van der Waals surface area contributed by atoms with Gasteiger partial charge in [0, 0.05) is 6.07 Å². The molecule has 1 aromatic heterocycles. The highest BCUT2D eigenvalue weighted by Gasteiger charge is 2.29. The van der Waals surface area contributed by atoms with Crippen molar-refractivity contribution >= 4 is 0 Å². The molecule has 1 aliphatic rings. The monoisotopic (exact) mass is 218 g/mol. The molecule has 0 unspecified atom stereocenters. The van der Waals surface area contributed by atoms with Crippen LogP contribution in [0.5, 0.6) is 0 Å². The van der Waals surface area contributed by atoms with E-state index in [2.05, 4.69) is 5.10 Å². The van der Waals surface area contributed by atoms with E-state index < -0.39 is 18.3 Å². The van der Waals surface area contributed by atoms with Gasteiger partial charge in [0.25, 0.3) is 5.56 Å². The first-order valence-corrected chi connectivity index (χ1v) is 4.62. The number of halogens is 3. The van der Waals surface area contributed by atoms with E-state index in [1.165, 1.54) is 6.07 Å². The SMILES string of the molecule is O=c1cc2c(nn1CC(F)(F)F)CCC2. The lowest BCUT2D eigenvalue weighted by Gasteiger charge is -2.09. The number of hydrogen-bond acceptors (Lipinski definition) is 2. The van der Waals surface area contributed by atoms with Crippen LogP contribution in [-0.4, -0.2) is 16.0 Å². The second kappa shape index (κ2) is 3.36. The Kier molecular flexibility index (Phi) is 2.28. The Morgan fingerprint density at radius 2 is 2.13 bits per heavy atom. The molecule has 0 spiro atoms. The highest BCUT2D eigenvalue weighted by molar-refractivity contribution is 5.22. The smallest absolute Gasteiger partial charge is 0.268 e. The predicted octanol–water partition coefficient (Wildman–Crippen LogP) is 1.29. The first kappa shape index (κ1) is 10.2. The maximum Gasteiger partial charge on any atom is 0.408 e. The minimum atomic E-state index is -4.40. The number of aromatic nitrogens is 2. The van der Waals surface area contributed by atoms with Gasteiger partial charge in [-0.3, -0.25) is 4.79 Å². The number of hydrogen-bond donors (Lipinski definition) is 0. The molecule has 0 N–H and O–H groups in total. The van der Waals surface area contributed by atoms with Crippen molar-refractivity contribution in [3.63, 3.8) is 0 Å². The van der Waals surface area contributed by atoms with Crippen LogP contribution in [0.25, 0.3) is 0 Å². The van der Waals surface area contributed by atoms with E-state index in [1.54, 1.807) is 0 Å². The van der Waals surface area contributed by atoms with Crippen molar-refractivity contribution in [2.24, 2.45) is 0 Å². The number of rotatable bonds is 1. The zero-order valence-corrected chi connectivity index (χ0v) is 7.84. The first-order chi connectivity index (χ1) is 6.96. The van der Waals surface area contributed by atoms with Gasteiger partial charge >= 0.3 is 6.18 Å². The largest absolute Gasteiger partial charge is 0.408 e. The average Bonchev–Trinajstić information content (AvgIpc) is 2.49. The molecule has 2 rings (SSSR count). The Labute approximate surface area is 83.5 Å². The van der Waals surface area contributed by atoms with Crippen LogP contribution < -0.4 is 5.56 Å². The third kappa shape index (κ3) is 2.19. The second-order valence-electron chi connectivity index (χ2n) is 3.58. The lowest BCUT2D eigenvalue weighted by atomic mass is 10.2. The van der Waals surface area contributed by atoms with Crippen LogP contribution in [0.4, 0.5) is 13.2 Å². The van der Waals surface area contributed by atoms with E-state index in [9.17, 15) is 18.0 Å². The Morgan fingerprint density at radius 1 is 1.40 bits per heavy atom. The zero-order valence-electron chi connectivity index (χ0n) is 7.84. The number of fused-ring (bicyclic) bond motifs is 1. The molecule has 0 saturated carbocycles. The van der Waals surface area contributed by atoms with Crippen molar-refractivity contribution in [1.29, 1.82) is 0 Å². The minimum Gasteiger partial charge on any atom is -0.268 e. The van der Waals surface area contributed by atoms with E-state index in [1.807, 2.05) is 0 Å². The Hall–Kier alpha value is -1.33. The molecule has 0 saturated heterocycles. The molecular weight excluding hydrogens is 209 g/mol. The van der Waals surface area contributed by atoms with E-state index in [-0.39, 0.29) is 0 Å². The number of alkyl halides is 3. The molecule has 0 aromatic carbocycles. The van der Waals surface area contributed by atoms with Gasteiger partial charge in [0.15, 0.2) is 0 Å². The van der Waals surface area contributed by atoms with Gasteiger partial charge in [0.05, 0.1) is 5.69 Å². The summed E-state index contributed by atoms with van der Waals surface area (Å²) in [5.41, 5.74) is 0.741. The quantitative estimate of drug-likeness (QED) is 0.712. The van der Waals surface area contributed by atoms with Gasteiger partial charge in [-0.25, -0.2) is 4.68 Å². The summed E-state index contributed by atoms with van der Waals surface area (Å²) in [6.45, 7) is -1.31. The average molecular weight is 218 g/mol. The predicted molar refractivity (Wildman–Crippen MR) is 46.6 cm³/mol. The number of nitrogens with zero attached hydrogens (tertiary/aromatic N) is 2. The topological polar surface area (TPSA) is 34.9 Å². The summed E-state index contributed by atoms with van der Waals surface area (Å²) in [5, 5.41) is 3.72. The van der Waals surface area contributed by atoms with Gasteiger partial charge in [0.1, 0.15) is 6.54 Å². The van der Waals surface area contributed by atoms with Crippen molar-refractivity contribution in [2.45, 2.75) is 32.0 Å². The molecule has 0 atom stereocenters. The molecule has 1 aromatic rings. The lowest BCUT2D eigenvalue weighted by Crippen LogP contribution is -2.30. The first-order valence-electron chi connectivity index (χ1n) is 4.62. The summed E-state index contributed by atoms with van der Waals surface area (Å²) in [7, 11) is 0. The highest BCUT2D eigenvalue weighted by Crippen LogP contribution is 2.19. The van der Waals surface area contributed by atoms with Gasteiger partial charge in [-0.1, -0.05) is 0 Å². The maximum atomic E-state index is 12.1. The standard InChI is InChI=1S/C9H9F3N2O/c10-9(11,12)5-14-8(15)4-6-2-1-3-7(6)13-14/h4H,1-3,5H2. The van der Waals surface area contributed by atoms with Gasteiger partial charge in [0.2, 0.25) is 0 Å². The fourth-order valence-electron chi connectivity index (χ4n) is 1.72. The van der Waals surface area contributed by atoms with Gasteiger partial charge in [-0.2, -0.15) is 18.3 Å². The van der Waals surface area contributed by atoms with Crippen molar-refractivity contribution in [3.05, 3.63) is 27.7 Å². The summed E-state index contributed by atoms with van der Waals surface area (Å²) in [5.74, 6) is 0. The van der Waals surface area contributed by atoms with Crippen molar-refractivity contribution in [3.8, 4) is 0 Å². The van der Waals surface area contributed by atoms with Gasteiger partial charge in [-0.05, 0) is 24.8 Å². The Morgan fingerprint density at radius 3 is 2.80 bits per heavy atom. The summed E-state index contributed by atoms with van der Waals surface area (Å²) in [4.78, 5) is 11.3. The Bertz CT molecular complexity index is 436. The molecule has 1 aliphatic carbocycles. The highest BCUT2D eigenvalue weighted by atomic mass is 19.4. The molecule has 3 nitrogen and oxygen atoms in total. The molecule has 0 bridgehead atoms. The fourth-order valence-corrected chi connectivity index (χ4v) is 1.72. The van der Waals surface area contributed by atoms with E-state index in [4.69, 9.17) is 0 Å². The normalized spacial score (nSPS) is 15.4. The second-order valence-corrected chi connectivity index (χ2v) is 3.58. The van der Waals surface area contributed by atoms with Crippen LogP contribution in [0.1, 0.15) is 17.7 Å². The van der Waals surface area contributed by atoms with Crippen LogP contribution in [-0.2, 0) is 19.4 Å². The zero-order chi connectivity index (χ0) is 11.1. The van der Waals surface area contributed by atoms with Crippen LogP contribution in [0.15, 0.2) is 10.9 Å². The molecular formula is C9H9F3N2O. The van der Waals surface area contributed by atoms with Crippen LogP contribution in [0, 0.1) is 0 Å². The van der Waals surface area contributed by atoms with Crippen molar-refractivity contribution in [2.75, 3.05) is 0 Å². The molecule has 0 amide bonds. The third-order valence-corrected chi connectivity index (χ3v) is 2.35. The molecule has 0 fully saturated rings. The summed E-state index contributed by atoms with van der Waals surface area (Å²) in [6, 6.07) is 1.26. The number of aryl methyl sites for hydroxylation is 2. The third-order valence-electron chi connectivity index (χ3n) is 2.35. The molecule has 82 valence electrons. The van der Waals surface area contributed by atoms with Crippen LogP contribution >= 0.6 is 0 Å².